The summed E-state index contributed by atoms with van der Waals surface area (Å²) in [6.45, 7) is 9.21. The standard InChI is InChI=1S/C132H81N15/c1-72(2)91-47-92(75-23-11-6-12-24-75)50-95(48-91)101-66-118-124-120(67-101)141-114-62-97-43-82(33-37-87(97)56-108(114)135-129(141)145(124)127-133-106-54-78-29-17-19-31-80(78)60-112(106)139(118)127)84-35-39-89-58-110-116(64-99(89)45-84)143-122-70-103(105-53-86(41-42-104(105)73(3)4)74-21-9-5-10-22-74)71-123-126(122)147(131(143)137-110)132-138-111-59-90-40-36-85(46-100(90)65-117(111)144(123)132)83-34-38-88-57-109-115(63-98(88)44-83)142-121-69-102(96-51-93(76-25-13-7-14-26-76)49-94(52-96)77-27-15-8-16-28-77)68-119-125(121)146(130(142)136-109)128-134-107-55-79-30-18-20-32-81(79)61-113(107)140(119)128/h5-73H,1-4H3. The molecule has 0 spiro atoms. The Hall–Kier alpha value is -19.4. The third kappa shape index (κ3) is 11.2. The first kappa shape index (κ1) is 79.3. The molecule has 0 saturated heterocycles. The maximum atomic E-state index is 5.72. The molecule has 147 heavy (non-hydrogen) atoms. The summed E-state index contributed by atoms with van der Waals surface area (Å²) in [6, 6.07) is 151. The fourth-order valence-electron chi connectivity index (χ4n) is 25.1. The van der Waals surface area contributed by atoms with Crippen molar-refractivity contribution in [2.45, 2.75) is 39.5 Å². The molecule has 12 heterocycles. The zero-order chi connectivity index (χ0) is 96.0. The van der Waals surface area contributed by atoms with Crippen LogP contribution in [0.25, 0.3) is 315 Å². The van der Waals surface area contributed by atoms with Crippen molar-refractivity contribution in [3.63, 3.8) is 0 Å². The van der Waals surface area contributed by atoms with Crippen LogP contribution in [0.2, 0.25) is 0 Å². The molecule has 34 aromatic rings. The van der Waals surface area contributed by atoms with Gasteiger partial charge in [0.2, 0.25) is 34.7 Å². The number of benzene rings is 22. The second-order valence-electron chi connectivity index (χ2n) is 41.3. The molecule has 22 aromatic carbocycles. The molecule has 34 rings (SSSR count). The largest absolute Gasteiger partial charge is 0.276 e. The van der Waals surface area contributed by atoms with Crippen LogP contribution in [0.1, 0.15) is 50.7 Å². The van der Waals surface area contributed by atoms with Gasteiger partial charge in [-0.05, 0) is 352 Å². The van der Waals surface area contributed by atoms with E-state index in [1.54, 1.807) is 0 Å². The second-order valence-corrected chi connectivity index (χ2v) is 41.3. The first-order valence-electron chi connectivity index (χ1n) is 50.7. The zero-order valence-corrected chi connectivity index (χ0v) is 80.0. The van der Waals surface area contributed by atoms with Gasteiger partial charge in [0.1, 0.15) is 16.6 Å². The molecule has 0 atom stereocenters. The summed E-state index contributed by atoms with van der Waals surface area (Å²) in [4.78, 5) is 33.7. The van der Waals surface area contributed by atoms with Gasteiger partial charge in [-0.2, -0.15) is 0 Å². The second kappa shape index (κ2) is 28.8. The van der Waals surface area contributed by atoms with Crippen molar-refractivity contribution in [1.82, 2.24) is 69.5 Å². The van der Waals surface area contributed by atoms with Crippen LogP contribution >= 0.6 is 0 Å². The van der Waals surface area contributed by atoms with Crippen LogP contribution < -0.4 is 0 Å². The van der Waals surface area contributed by atoms with E-state index in [4.69, 9.17) is 29.9 Å². The summed E-state index contributed by atoms with van der Waals surface area (Å²) < 4.78 is 21.2. The Kier molecular flexibility index (Phi) is 15.5. The third-order valence-corrected chi connectivity index (χ3v) is 32.2. The average molecular weight is 1880 g/mol. The fourth-order valence-corrected chi connectivity index (χ4v) is 25.1. The first-order valence-corrected chi connectivity index (χ1v) is 50.7. The Balaban J connectivity index is 0.520. The minimum atomic E-state index is 0.230. The van der Waals surface area contributed by atoms with Gasteiger partial charge in [0.05, 0.1) is 99.3 Å². The SMILES string of the molecule is CC(C)c1cc(-c2ccccc2)cc(-c2cc3c4c(c2)n2c5cc6cc(-c7ccc8cc9nc%10n(c9cc8c7)c7cc(-c8cc(-c9ccccc9)ccc8C(C)C)cc8c7n%10c7nc9cc%10ccc(-c%11ccc%12cc%13nc%14n(c%13cc%12c%11)c%11cc(-c%12cc(-c%13ccccc%13)cc(-c%13ccccc%13)c%12)cc%12c%11n%14c%11nc%13cc%14ccccc%14cc%13n%12%11)cc%10cc9n87)ccc6cc5nc2n4c2nc4cc5ccccc5cc4n32)c1. The van der Waals surface area contributed by atoms with Crippen LogP contribution in [0, 0.1) is 0 Å². The molecule has 0 saturated carbocycles. The van der Waals surface area contributed by atoms with Crippen molar-refractivity contribution in [3.05, 3.63) is 418 Å². The highest BCUT2D eigenvalue weighted by Gasteiger charge is 2.32. The van der Waals surface area contributed by atoms with Gasteiger partial charge in [-0.25, -0.2) is 43.1 Å². The lowest BCUT2D eigenvalue weighted by atomic mass is 9.89. The van der Waals surface area contributed by atoms with E-state index in [-0.39, 0.29) is 5.92 Å². The molecule has 0 bridgehead atoms. The summed E-state index contributed by atoms with van der Waals surface area (Å²) in [5.74, 6) is 5.48. The van der Waals surface area contributed by atoms with Crippen LogP contribution in [-0.4, -0.2) is 69.5 Å². The van der Waals surface area contributed by atoms with E-state index in [1.807, 2.05) is 0 Å². The Morgan fingerprint density at radius 3 is 0.667 bits per heavy atom. The first-order chi connectivity index (χ1) is 72.4. The van der Waals surface area contributed by atoms with Crippen LogP contribution in [0.3, 0.4) is 0 Å². The number of hydrogen-bond acceptors (Lipinski definition) is 6. The normalized spacial score (nSPS) is 12.7. The van der Waals surface area contributed by atoms with Gasteiger partial charge in [0.25, 0.3) is 0 Å². The zero-order valence-electron chi connectivity index (χ0n) is 80.0. The molecular weight excluding hydrogens is 1800 g/mol. The van der Waals surface area contributed by atoms with Crippen molar-refractivity contribution in [3.8, 4) is 100 Å². The molecule has 0 fully saturated rings. The molecule has 12 aromatic heterocycles. The van der Waals surface area contributed by atoms with Crippen LogP contribution in [0.15, 0.2) is 406 Å². The number of aromatic nitrogens is 15. The molecular formula is C132H81N15. The van der Waals surface area contributed by atoms with E-state index < -0.39 is 0 Å². The summed E-state index contributed by atoms with van der Waals surface area (Å²) in [5, 5.41) is 13.6. The molecule has 0 N–H and O–H groups in total. The molecule has 684 valence electrons. The van der Waals surface area contributed by atoms with Gasteiger partial charge in [-0.3, -0.25) is 26.4 Å². The van der Waals surface area contributed by atoms with E-state index in [0.29, 0.717) is 5.92 Å². The van der Waals surface area contributed by atoms with Gasteiger partial charge in [-0.1, -0.05) is 270 Å². The number of imidazole rings is 12. The summed E-state index contributed by atoms with van der Waals surface area (Å²) in [6.07, 6.45) is 0. The third-order valence-electron chi connectivity index (χ3n) is 32.2. The Morgan fingerprint density at radius 1 is 0.150 bits per heavy atom. The number of hydrogen-bond donors (Lipinski definition) is 0. The van der Waals surface area contributed by atoms with Crippen LogP contribution in [-0.2, 0) is 0 Å². The number of nitrogens with zero attached hydrogens (tertiary/aromatic N) is 15. The van der Waals surface area contributed by atoms with Crippen LogP contribution in [0.5, 0.6) is 0 Å². The number of fused-ring (bicyclic) bond motifs is 36. The maximum absolute atomic E-state index is 5.72. The van der Waals surface area contributed by atoms with E-state index in [0.717, 1.165) is 271 Å². The van der Waals surface area contributed by atoms with Crippen molar-refractivity contribution in [1.29, 1.82) is 0 Å². The highest BCUT2D eigenvalue weighted by Crippen LogP contribution is 2.49. The van der Waals surface area contributed by atoms with Crippen molar-refractivity contribution in [2.75, 3.05) is 0 Å². The van der Waals surface area contributed by atoms with Gasteiger partial charge < -0.3 is 0 Å². The molecule has 0 aliphatic carbocycles. The highest BCUT2D eigenvalue weighted by atomic mass is 15.3. The molecule has 0 unspecified atom stereocenters. The maximum Gasteiger partial charge on any atom is 0.223 e. The lowest BCUT2D eigenvalue weighted by Gasteiger charge is -2.16. The molecule has 0 aliphatic heterocycles. The minimum absolute atomic E-state index is 0.230. The molecule has 15 nitrogen and oxygen atoms in total. The van der Waals surface area contributed by atoms with Gasteiger partial charge in [0.15, 0.2) is 0 Å². The average Bonchev–Trinajstić information content (AvgIpc) is 1.52. The van der Waals surface area contributed by atoms with Gasteiger partial charge in [0, 0.05) is 0 Å². The Morgan fingerprint density at radius 2 is 0.374 bits per heavy atom. The van der Waals surface area contributed by atoms with E-state index in [1.165, 1.54) is 55.3 Å². The highest BCUT2D eigenvalue weighted by molar-refractivity contribution is 6.15. The van der Waals surface area contributed by atoms with Crippen molar-refractivity contribution >= 4 is 215 Å². The molecule has 15 heteroatoms. The predicted molar refractivity (Wildman–Crippen MR) is 605 cm³/mol. The van der Waals surface area contributed by atoms with Gasteiger partial charge in [-0.15, -0.1) is 0 Å². The molecule has 0 amide bonds. The Bertz CT molecular complexity index is 11600. The van der Waals surface area contributed by atoms with E-state index in [9.17, 15) is 0 Å². The summed E-state index contributed by atoms with van der Waals surface area (Å²) >= 11 is 0. The fraction of sp³-hybridized carbons (Fsp3) is 0.0455. The topological polar surface area (TPSA) is 117 Å². The minimum Gasteiger partial charge on any atom is -0.276 e. The van der Waals surface area contributed by atoms with Gasteiger partial charge >= 0.3 is 0 Å². The molecule has 0 radical (unpaired) electrons. The lowest BCUT2D eigenvalue weighted by molar-refractivity contribution is 0.867. The van der Waals surface area contributed by atoms with E-state index >= 15 is 0 Å². The quantitative estimate of drug-likeness (QED) is 0.127. The van der Waals surface area contributed by atoms with Crippen LogP contribution in [0.4, 0.5) is 0 Å². The monoisotopic (exact) mass is 1880 g/mol. The predicted octanol–water partition coefficient (Wildman–Crippen LogP) is 33.2. The summed E-state index contributed by atoms with van der Waals surface area (Å²) in [7, 11) is 0. The van der Waals surface area contributed by atoms with Crippen molar-refractivity contribution < 1.29 is 0 Å². The number of rotatable bonds is 11. The Labute approximate surface area is 836 Å². The molecule has 0 aliphatic rings. The summed E-state index contributed by atoms with van der Waals surface area (Å²) in [5.41, 5.74) is 44.7. The van der Waals surface area contributed by atoms with Crippen molar-refractivity contribution in [2.24, 2.45) is 0 Å². The lowest BCUT2D eigenvalue weighted by Crippen LogP contribution is -1.95. The smallest absolute Gasteiger partial charge is 0.223 e. The van der Waals surface area contributed by atoms with E-state index in [2.05, 4.69) is 474 Å².